The molecule has 0 saturated heterocycles. The first-order valence-corrected chi connectivity index (χ1v) is 5.46. The zero-order chi connectivity index (χ0) is 12.4. The fourth-order valence-electron chi connectivity index (χ4n) is 1.78. The summed E-state index contributed by atoms with van der Waals surface area (Å²) in [6, 6.07) is 5.94. The highest BCUT2D eigenvalue weighted by molar-refractivity contribution is 6.02. The molecule has 0 spiro atoms. The molecule has 0 saturated carbocycles. The van der Waals surface area contributed by atoms with Crippen LogP contribution in [0.2, 0.25) is 0 Å². The van der Waals surface area contributed by atoms with Gasteiger partial charge in [-0.2, -0.15) is 0 Å². The molecule has 0 atom stereocenters. The van der Waals surface area contributed by atoms with Crippen LogP contribution in [0.1, 0.15) is 27.4 Å². The molecular formula is C13H15N3O. The summed E-state index contributed by atoms with van der Waals surface area (Å²) in [5.74, 6) is 0.561. The van der Waals surface area contributed by atoms with Gasteiger partial charge in [0.05, 0.1) is 6.20 Å². The second-order valence-corrected chi connectivity index (χ2v) is 4.21. The van der Waals surface area contributed by atoms with Crippen LogP contribution in [-0.2, 0) is 0 Å². The molecule has 0 aliphatic rings. The Balaban J connectivity index is 2.18. The smallest absolute Gasteiger partial charge is 0.273 e. The first-order valence-electron chi connectivity index (χ1n) is 5.46. The average Bonchev–Trinajstić information content (AvgIpc) is 2.63. The SMILES string of the molecule is Cc1cc(C)cc(NC(=O)c2cnc(C)[nH]2)c1. The van der Waals surface area contributed by atoms with Gasteiger partial charge in [-0.25, -0.2) is 4.98 Å². The maximum atomic E-state index is 11.9. The van der Waals surface area contributed by atoms with E-state index in [1.54, 1.807) is 0 Å². The highest BCUT2D eigenvalue weighted by Gasteiger charge is 2.08. The number of aromatic amines is 1. The number of hydrogen-bond acceptors (Lipinski definition) is 2. The van der Waals surface area contributed by atoms with Crippen molar-refractivity contribution in [3.05, 3.63) is 47.0 Å². The lowest BCUT2D eigenvalue weighted by Gasteiger charge is -2.06. The lowest BCUT2D eigenvalue weighted by Crippen LogP contribution is -2.12. The molecule has 0 fully saturated rings. The van der Waals surface area contributed by atoms with Crippen molar-refractivity contribution in [2.75, 3.05) is 5.32 Å². The number of hydrogen-bond donors (Lipinski definition) is 2. The Labute approximate surface area is 100 Å². The minimum atomic E-state index is -0.171. The molecule has 0 unspecified atom stereocenters. The zero-order valence-electron chi connectivity index (χ0n) is 10.2. The van der Waals surface area contributed by atoms with Crippen molar-refractivity contribution in [2.45, 2.75) is 20.8 Å². The lowest BCUT2D eigenvalue weighted by atomic mass is 10.1. The number of anilines is 1. The molecule has 0 bridgehead atoms. The Morgan fingerprint density at radius 2 is 1.82 bits per heavy atom. The summed E-state index contributed by atoms with van der Waals surface area (Å²) in [7, 11) is 0. The lowest BCUT2D eigenvalue weighted by molar-refractivity contribution is 0.102. The van der Waals surface area contributed by atoms with E-state index in [9.17, 15) is 4.79 Å². The van der Waals surface area contributed by atoms with Crippen LogP contribution >= 0.6 is 0 Å². The number of imidazole rings is 1. The van der Waals surface area contributed by atoms with Gasteiger partial charge in [0, 0.05) is 5.69 Å². The molecule has 2 aromatic rings. The first kappa shape index (κ1) is 11.4. The number of H-pyrrole nitrogens is 1. The molecule has 1 aromatic carbocycles. The summed E-state index contributed by atoms with van der Waals surface area (Å²) in [5.41, 5.74) is 3.53. The number of rotatable bonds is 2. The van der Waals surface area contributed by atoms with Crippen LogP contribution in [-0.4, -0.2) is 15.9 Å². The largest absolute Gasteiger partial charge is 0.338 e. The topological polar surface area (TPSA) is 57.8 Å². The number of carbonyl (C=O) groups excluding carboxylic acids is 1. The minimum absolute atomic E-state index is 0.171. The molecule has 17 heavy (non-hydrogen) atoms. The van der Waals surface area contributed by atoms with E-state index in [1.165, 1.54) is 6.20 Å². The summed E-state index contributed by atoms with van der Waals surface area (Å²) in [6.07, 6.45) is 1.54. The van der Waals surface area contributed by atoms with Crippen LogP contribution < -0.4 is 5.32 Å². The minimum Gasteiger partial charge on any atom is -0.338 e. The van der Waals surface area contributed by atoms with Gasteiger partial charge in [0.1, 0.15) is 11.5 Å². The standard InChI is InChI=1S/C13H15N3O/c1-8-4-9(2)6-11(5-8)16-13(17)12-7-14-10(3)15-12/h4-7H,1-3H3,(H,14,15)(H,16,17). The number of carbonyl (C=O) groups is 1. The molecule has 1 aromatic heterocycles. The van der Waals surface area contributed by atoms with E-state index in [-0.39, 0.29) is 5.91 Å². The average molecular weight is 229 g/mol. The predicted molar refractivity (Wildman–Crippen MR) is 67.2 cm³/mol. The van der Waals surface area contributed by atoms with Crippen LogP contribution in [0.15, 0.2) is 24.4 Å². The fraction of sp³-hybridized carbons (Fsp3) is 0.231. The second kappa shape index (κ2) is 4.41. The van der Waals surface area contributed by atoms with Gasteiger partial charge >= 0.3 is 0 Å². The van der Waals surface area contributed by atoms with E-state index >= 15 is 0 Å². The molecular weight excluding hydrogens is 214 g/mol. The van der Waals surface area contributed by atoms with Crippen molar-refractivity contribution in [2.24, 2.45) is 0 Å². The Kier molecular flexibility index (Phi) is 2.95. The summed E-state index contributed by atoms with van der Waals surface area (Å²) < 4.78 is 0. The monoisotopic (exact) mass is 229 g/mol. The predicted octanol–water partition coefficient (Wildman–Crippen LogP) is 2.59. The van der Waals surface area contributed by atoms with E-state index in [1.807, 2.05) is 32.9 Å². The highest BCUT2D eigenvalue weighted by atomic mass is 16.1. The van der Waals surface area contributed by atoms with Crippen molar-refractivity contribution in [1.82, 2.24) is 9.97 Å². The summed E-state index contributed by atoms with van der Waals surface area (Å²) in [6.45, 7) is 5.82. The number of nitrogens with one attached hydrogen (secondary N) is 2. The van der Waals surface area contributed by atoms with Crippen molar-refractivity contribution in [3.8, 4) is 0 Å². The quantitative estimate of drug-likeness (QED) is 0.831. The number of benzene rings is 1. The third kappa shape index (κ3) is 2.72. The molecule has 88 valence electrons. The summed E-state index contributed by atoms with van der Waals surface area (Å²) in [4.78, 5) is 18.8. The van der Waals surface area contributed by atoms with E-state index < -0.39 is 0 Å². The van der Waals surface area contributed by atoms with Gasteiger partial charge < -0.3 is 10.3 Å². The Morgan fingerprint density at radius 1 is 1.18 bits per heavy atom. The Bertz CT molecular complexity index is 537. The van der Waals surface area contributed by atoms with Gasteiger partial charge in [-0.05, 0) is 44.0 Å². The van der Waals surface area contributed by atoms with Gasteiger partial charge in [0.15, 0.2) is 0 Å². The van der Waals surface area contributed by atoms with E-state index in [2.05, 4.69) is 21.4 Å². The van der Waals surface area contributed by atoms with E-state index in [0.29, 0.717) is 5.69 Å². The molecule has 1 heterocycles. The summed E-state index contributed by atoms with van der Waals surface area (Å²) in [5, 5.41) is 2.84. The second-order valence-electron chi connectivity index (χ2n) is 4.21. The van der Waals surface area contributed by atoms with Gasteiger partial charge in [0.2, 0.25) is 0 Å². The third-order valence-corrected chi connectivity index (χ3v) is 2.43. The maximum absolute atomic E-state index is 11.9. The van der Waals surface area contributed by atoms with Gasteiger partial charge in [-0.15, -0.1) is 0 Å². The number of aryl methyl sites for hydroxylation is 3. The first-order chi connectivity index (χ1) is 8.04. The Hall–Kier alpha value is -2.10. The zero-order valence-corrected chi connectivity index (χ0v) is 10.2. The number of aromatic nitrogens is 2. The molecule has 0 aliphatic carbocycles. The normalized spacial score (nSPS) is 10.3. The van der Waals surface area contributed by atoms with Crippen LogP contribution in [0, 0.1) is 20.8 Å². The van der Waals surface area contributed by atoms with Gasteiger partial charge in [-0.1, -0.05) is 6.07 Å². The molecule has 0 aliphatic heterocycles. The van der Waals surface area contributed by atoms with Gasteiger partial charge in [0.25, 0.3) is 5.91 Å². The molecule has 4 nitrogen and oxygen atoms in total. The highest BCUT2D eigenvalue weighted by Crippen LogP contribution is 2.14. The van der Waals surface area contributed by atoms with Crippen LogP contribution in [0.4, 0.5) is 5.69 Å². The van der Waals surface area contributed by atoms with E-state index in [4.69, 9.17) is 0 Å². The Morgan fingerprint density at radius 3 is 2.35 bits per heavy atom. The third-order valence-electron chi connectivity index (χ3n) is 2.43. The van der Waals surface area contributed by atoms with Crippen LogP contribution in [0.3, 0.4) is 0 Å². The van der Waals surface area contributed by atoms with Crippen molar-refractivity contribution in [3.63, 3.8) is 0 Å². The van der Waals surface area contributed by atoms with Crippen LogP contribution in [0.5, 0.6) is 0 Å². The van der Waals surface area contributed by atoms with Crippen molar-refractivity contribution >= 4 is 11.6 Å². The fourth-order valence-corrected chi connectivity index (χ4v) is 1.78. The van der Waals surface area contributed by atoms with Crippen molar-refractivity contribution < 1.29 is 4.79 Å². The molecule has 4 heteroatoms. The molecule has 2 N–H and O–H groups in total. The number of nitrogens with zero attached hydrogens (tertiary/aromatic N) is 1. The van der Waals surface area contributed by atoms with Gasteiger partial charge in [-0.3, -0.25) is 4.79 Å². The van der Waals surface area contributed by atoms with Crippen molar-refractivity contribution in [1.29, 1.82) is 0 Å². The molecule has 0 radical (unpaired) electrons. The number of amides is 1. The van der Waals surface area contributed by atoms with Crippen LogP contribution in [0.25, 0.3) is 0 Å². The molecule has 2 rings (SSSR count). The maximum Gasteiger partial charge on any atom is 0.273 e. The van der Waals surface area contributed by atoms with E-state index in [0.717, 1.165) is 22.6 Å². The molecule has 1 amide bonds. The summed E-state index contributed by atoms with van der Waals surface area (Å²) >= 11 is 0.